The first-order valence-electron chi connectivity index (χ1n) is 8.81. The van der Waals surface area contributed by atoms with Crippen molar-refractivity contribution < 1.29 is 4.79 Å². The van der Waals surface area contributed by atoms with E-state index in [0.29, 0.717) is 5.92 Å². The molecule has 0 saturated carbocycles. The van der Waals surface area contributed by atoms with E-state index < -0.39 is 0 Å². The fraction of sp³-hybridized carbons (Fsp3) is 0.286. The van der Waals surface area contributed by atoms with Gasteiger partial charge in [-0.25, -0.2) is 4.98 Å². The number of hydrogen-bond acceptors (Lipinski definition) is 4. The van der Waals surface area contributed by atoms with Crippen molar-refractivity contribution in [2.45, 2.75) is 32.7 Å². The van der Waals surface area contributed by atoms with Crippen molar-refractivity contribution in [3.8, 4) is 10.6 Å². The van der Waals surface area contributed by atoms with Crippen LogP contribution in [0.4, 0.5) is 0 Å². The summed E-state index contributed by atoms with van der Waals surface area (Å²) in [7, 11) is 0. The molecule has 0 aliphatic heterocycles. The Balaban J connectivity index is 1.66. The molecule has 0 spiro atoms. The van der Waals surface area contributed by atoms with Gasteiger partial charge in [0.05, 0.1) is 18.2 Å². The summed E-state index contributed by atoms with van der Waals surface area (Å²) in [6.45, 7) is 4.34. The first-order chi connectivity index (χ1) is 12.6. The average molecular weight is 366 g/mol. The van der Waals surface area contributed by atoms with E-state index in [9.17, 15) is 4.79 Å². The second-order valence-corrected chi connectivity index (χ2v) is 7.58. The van der Waals surface area contributed by atoms with Gasteiger partial charge in [0, 0.05) is 23.3 Å². The maximum atomic E-state index is 12.6. The Labute approximate surface area is 158 Å². The van der Waals surface area contributed by atoms with Gasteiger partial charge in [-0.3, -0.25) is 9.78 Å². The topological polar surface area (TPSA) is 54.9 Å². The zero-order chi connectivity index (χ0) is 18.4. The summed E-state index contributed by atoms with van der Waals surface area (Å²) < 4.78 is 0. The smallest absolute Gasteiger partial charge is 0.226 e. The van der Waals surface area contributed by atoms with Crippen LogP contribution in [-0.4, -0.2) is 15.9 Å². The number of nitrogens with one attached hydrogen (secondary N) is 1. The minimum atomic E-state index is 0.00235. The Bertz CT molecular complexity index is 831. The Morgan fingerprint density at radius 2 is 1.96 bits per heavy atom. The molecule has 2 aromatic heterocycles. The summed E-state index contributed by atoms with van der Waals surface area (Å²) in [5.74, 6) is 0.500. The van der Waals surface area contributed by atoms with Gasteiger partial charge in [0.15, 0.2) is 0 Å². The van der Waals surface area contributed by atoms with Crippen molar-refractivity contribution in [3.63, 3.8) is 0 Å². The number of aromatic nitrogens is 2. The van der Waals surface area contributed by atoms with Gasteiger partial charge >= 0.3 is 0 Å². The van der Waals surface area contributed by atoms with Gasteiger partial charge in [0.25, 0.3) is 0 Å². The number of nitrogens with zero attached hydrogens (tertiary/aromatic N) is 2. The van der Waals surface area contributed by atoms with Gasteiger partial charge in [-0.2, -0.15) is 0 Å². The van der Waals surface area contributed by atoms with Crippen LogP contribution in [0, 0.1) is 5.92 Å². The predicted molar refractivity (Wildman–Crippen MR) is 106 cm³/mol. The van der Waals surface area contributed by atoms with Crippen molar-refractivity contribution in [2.24, 2.45) is 5.92 Å². The minimum absolute atomic E-state index is 0.00235. The number of amides is 1. The fourth-order valence-corrected chi connectivity index (χ4v) is 3.67. The van der Waals surface area contributed by atoms with Crippen LogP contribution in [0.15, 0.2) is 60.2 Å². The maximum absolute atomic E-state index is 12.6. The lowest BCUT2D eigenvalue weighted by molar-refractivity contribution is -0.121. The molecule has 1 N–H and O–H groups in total. The Kier molecular flexibility index (Phi) is 6.12. The highest BCUT2D eigenvalue weighted by molar-refractivity contribution is 7.13. The van der Waals surface area contributed by atoms with E-state index in [0.717, 1.165) is 28.2 Å². The largest absolute Gasteiger partial charge is 0.349 e. The first kappa shape index (κ1) is 18.3. The van der Waals surface area contributed by atoms with Crippen LogP contribution in [0.1, 0.15) is 37.6 Å². The molecule has 1 atom stereocenters. The van der Waals surface area contributed by atoms with Gasteiger partial charge < -0.3 is 5.32 Å². The van der Waals surface area contributed by atoms with E-state index >= 15 is 0 Å². The van der Waals surface area contributed by atoms with Crippen LogP contribution in [0.3, 0.4) is 0 Å². The highest BCUT2D eigenvalue weighted by Crippen LogP contribution is 2.24. The van der Waals surface area contributed by atoms with Crippen LogP contribution in [-0.2, 0) is 11.2 Å². The molecule has 2 heterocycles. The van der Waals surface area contributed by atoms with Crippen molar-refractivity contribution >= 4 is 17.2 Å². The molecule has 0 saturated heterocycles. The Hall–Kier alpha value is -2.53. The number of pyridine rings is 1. The van der Waals surface area contributed by atoms with E-state index in [4.69, 9.17) is 0 Å². The SMILES string of the molecule is CC(C)CC(NC(=O)Cc1csc(-c2cccnc2)n1)c1ccccc1. The highest BCUT2D eigenvalue weighted by atomic mass is 32.1. The quantitative estimate of drug-likeness (QED) is 0.663. The molecule has 0 fully saturated rings. The molecular formula is C21H23N3OS. The molecule has 1 unspecified atom stereocenters. The van der Waals surface area contributed by atoms with Crippen molar-refractivity contribution in [2.75, 3.05) is 0 Å². The summed E-state index contributed by atoms with van der Waals surface area (Å²) in [5, 5.41) is 6.01. The van der Waals surface area contributed by atoms with Crippen LogP contribution in [0.25, 0.3) is 10.6 Å². The summed E-state index contributed by atoms with van der Waals surface area (Å²) in [6, 6.07) is 14.0. The molecule has 3 aromatic rings. The molecule has 4 nitrogen and oxygen atoms in total. The lowest BCUT2D eigenvalue weighted by Gasteiger charge is -2.21. The third-order valence-corrected chi connectivity index (χ3v) is 4.99. The molecule has 0 aliphatic rings. The van der Waals surface area contributed by atoms with E-state index in [1.165, 1.54) is 11.3 Å². The minimum Gasteiger partial charge on any atom is -0.349 e. The number of benzene rings is 1. The van der Waals surface area contributed by atoms with Gasteiger partial charge in [-0.05, 0) is 30.0 Å². The number of hydrogen-bond donors (Lipinski definition) is 1. The van der Waals surface area contributed by atoms with E-state index in [1.54, 1.807) is 12.4 Å². The van der Waals surface area contributed by atoms with E-state index in [2.05, 4.69) is 41.3 Å². The lowest BCUT2D eigenvalue weighted by atomic mass is 9.97. The fourth-order valence-electron chi connectivity index (χ4n) is 2.85. The van der Waals surface area contributed by atoms with Gasteiger partial charge in [-0.15, -0.1) is 11.3 Å². The molecule has 1 amide bonds. The van der Waals surface area contributed by atoms with Crippen molar-refractivity contribution in [1.82, 2.24) is 15.3 Å². The third kappa shape index (κ3) is 4.99. The highest BCUT2D eigenvalue weighted by Gasteiger charge is 2.17. The maximum Gasteiger partial charge on any atom is 0.226 e. The first-order valence-corrected chi connectivity index (χ1v) is 9.69. The normalized spacial score (nSPS) is 12.1. The second-order valence-electron chi connectivity index (χ2n) is 6.72. The van der Waals surface area contributed by atoms with Crippen LogP contribution in [0.2, 0.25) is 0 Å². The zero-order valence-electron chi connectivity index (χ0n) is 15.1. The molecular weight excluding hydrogens is 342 g/mol. The van der Waals surface area contributed by atoms with E-state index in [-0.39, 0.29) is 18.4 Å². The van der Waals surface area contributed by atoms with E-state index in [1.807, 2.05) is 35.7 Å². The van der Waals surface area contributed by atoms with Crippen LogP contribution < -0.4 is 5.32 Å². The lowest BCUT2D eigenvalue weighted by Crippen LogP contribution is -2.30. The monoisotopic (exact) mass is 365 g/mol. The number of thiazole rings is 1. The number of carbonyl (C=O) groups is 1. The average Bonchev–Trinajstić information content (AvgIpc) is 3.10. The summed E-state index contributed by atoms with van der Waals surface area (Å²) in [6.07, 6.45) is 4.73. The summed E-state index contributed by atoms with van der Waals surface area (Å²) >= 11 is 1.54. The molecule has 0 radical (unpaired) electrons. The van der Waals surface area contributed by atoms with Crippen molar-refractivity contribution in [1.29, 1.82) is 0 Å². The van der Waals surface area contributed by atoms with Crippen molar-refractivity contribution in [3.05, 3.63) is 71.5 Å². The second kappa shape index (κ2) is 8.72. The molecule has 134 valence electrons. The number of rotatable bonds is 7. The zero-order valence-corrected chi connectivity index (χ0v) is 15.9. The van der Waals surface area contributed by atoms with Crippen LogP contribution in [0.5, 0.6) is 0 Å². The van der Waals surface area contributed by atoms with Gasteiger partial charge in [0.2, 0.25) is 5.91 Å². The molecule has 26 heavy (non-hydrogen) atoms. The summed E-state index contributed by atoms with van der Waals surface area (Å²) in [4.78, 5) is 21.3. The van der Waals surface area contributed by atoms with Gasteiger partial charge in [0.1, 0.15) is 5.01 Å². The molecule has 5 heteroatoms. The van der Waals surface area contributed by atoms with Gasteiger partial charge in [-0.1, -0.05) is 44.2 Å². The van der Waals surface area contributed by atoms with Crippen LogP contribution >= 0.6 is 11.3 Å². The Morgan fingerprint density at radius 3 is 2.65 bits per heavy atom. The number of carbonyl (C=O) groups excluding carboxylic acids is 1. The Morgan fingerprint density at radius 1 is 1.15 bits per heavy atom. The molecule has 3 rings (SSSR count). The standard InChI is InChI=1S/C21H23N3OS/c1-15(2)11-19(16-7-4-3-5-8-16)24-20(25)12-18-14-26-21(23-18)17-9-6-10-22-13-17/h3-10,13-15,19H,11-12H2,1-2H3,(H,24,25). The molecule has 0 aliphatic carbocycles. The molecule has 0 bridgehead atoms. The summed E-state index contributed by atoms with van der Waals surface area (Å²) in [5.41, 5.74) is 2.91. The third-order valence-electron chi connectivity index (χ3n) is 4.05. The molecule has 1 aromatic carbocycles. The predicted octanol–water partition coefficient (Wildman–Crippen LogP) is 4.65.